The molecule has 0 aromatic rings. The summed E-state index contributed by atoms with van der Waals surface area (Å²) in [4.78, 5) is 1.34. The van der Waals surface area contributed by atoms with Gasteiger partial charge in [-0.1, -0.05) is 23.8 Å². The Balaban J connectivity index is 2.75. The van der Waals surface area contributed by atoms with E-state index in [2.05, 4.69) is 37.5 Å². The van der Waals surface area contributed by atoms with E-state index in [1.807, 2.05) is 0 Å². The zero-order chi connectivity index (χ0) is 7.40. The monoisotopic (exact) mass is 152 g/mol. The van der Waals surface area contributed by atoms with Gasteiger partial charge >= 0.3 is 0 Å². The summed E-state index contributed by atoms with van der Waals surface area (Å²) in [5, 5.41) is 0. The van der Waals surface area contributed by atoms with Crippen LogP contribution in [-0.4, -0.2) is 6.26 Å². The maximum atomic E-state index is 2.21. The minimum Gasteiger partial charge on any atom is -0.130 e. The molecule has 54 valence electrons. The van der Waals surface area contributed by atoms with Gasteiger partial charge in [-0.25, -0.2) is 0 Å². The van der Waals surface area contributed by atoms with Gasteiger partial charge in [0.15, 0.2) is 0 Å². The highest BCUT2D eigenvalue weighted by Crippen LogP contribution is 2.17. The third-order valence-corrected chi connectivity index (χ3v) is 2.23. The largest absolute Gasteiger partial charge is 0.130 e. The molecule has 0 nitrogen and oxygen atoms in total. The van der Waals surface area contributed by atoms with Gasteiger partial charge in [0.2, 0.25) is 0 Å². The molecule has 0 aromatic carbocycles. The normalized spacial score (nSPS) is 17.8. The maximum Gasteiger partial charge on any atom is 0.00660 e. The van der Waals surface area contributed by atoms with Crippen LogP contribution in [0.3, 0.4) is 0 Å². The van der Waals surface area contributed by atoms with Crippen molar-refractivity contribution in [1.29, 1.82) is 0 Å². The smallest absolute Gasteiger partial charge is 0.00660 e. The molecule has 0 saturated heterocycles. The third-order valence-electron chi connectivity index (χ3n) is 1.49. The maximum absolute atomic E-state index is 2.21. The zero-order valence-corrected chi connectivity index (χ0v) is 7.24. The Labute approximate surface area is 66.7 Å². The molecule has 0 spiro atoms. The van der Waals surface area contributed by atoms with Crippen LogP contribution < -0.4 is 0 Å². The van der Waals surface area contributed by atoms with Gasteiger partial charge in [0.25, 0.3) is 0 Å². The SMILES string of the molecule is CSC1=CC=C(C)CC=C1. The lowest BCUT2D eigenvalue weighted by Crippen LogP contribution is -1.66. The molecular weight excluding hydrogens is 140 g/mol. The minimum atomic E-state index is 1.10. The van der Waals surface area contributed by atoms with Gasteiger partial charge in [-0.2, -0.15) is 0 Å². The summed E-state index contributed by atoms with van der Waals surface area (Å²) >= 11 is 1.79. The van der Waals surface area contributed by atoms with Crippen LogP contribution in [0.4, 0.5) is 0 Å². The minimum absolute atomic E-state index is 1.10. The molecule has 0 saturated carbocycles. The van der Waals surface area contributed by atoms with Crippen molar-refractivity contribution in [2.24, 2.45) is 0 Å². The summed E-state index contributed by atoms with van der Waals surface area (Å²) in [6.07, 6.45) is 11.9. The molecular formula is C9H12S. The van der Waals surface area contributed by atoms with Crippen molar-refractivity contribution in [2.45, 2.75) is 13.3 Å². The van der Waals surface area contributed by atoms with Crippen molar-refractivity contribution < 1.29 is 0 Å². The Morgan fingerprint density at radius 3 is 2.90 bits per heavy atom. The van der Waals surface area contributed by atoms with Gasteiger partial charge in [0.05, 0.1) is 0 Å². The summed E-state index contributed by atoms with van der Waals surface area (Å²) in [6.45, 7) is 2.16. The summed E-state index contributed by atoms with van der Waals surface area (Å²) in [7, 11) is 0. The summed E-state index contributed by atoms with van der Waals surface area (Å²) in [5.74, 6) is 0. The molecule has 1 aliphatic carbocycles. The van der Waals surface area contributed by atoms with Crippen LogP contribution in [0.2, 0.25) is 0 Å². The third kappa shape index (κ3) is 2.07. The second kappa shape index (κ2) is 3.67. The molecule has 0 bridgehead atoms. The highest BCUT2D eigenvalue weighted by Gasteiger charge is 1.92. The standard InChI is InChI=1S/C9H12S/c1-8-4-3-5-9(10-2)7-6-8/h3,5-7H,4H2,1-2H3. The number of thioether (sulfide) groups is 1. The van der Waals surface area contributed by atoms with Crippen LogP contribution in [0.5, 0.6) is 0 Å². The van der Waals surface area contributed by atoms with E-state index in [0.29, 0.717) is 0 Å². The fraction of sp³-hybridized carbons (Fsp3) is 0.333. The summed E-state index contributed by atoms with van der Waals surface area (Å²) in [5.41, 5.74) is 1.43. The predicted octanol–water partition coefficient (Wildman–Crippen LogP) is 3.14. The van der Waals surface area contributed by atoms with Crippen molar-refractivity contribution >= 4 is 11.8 Å². The van der Waals surface area contributed by atoms with Gasteiger partial charge in [-0.15, -0.1) is 11.8 Å². The van der Waals surface area contributed by atoms with Gasteiger partial charge in [-0.3, -0.25) is 0 Å². The van der Waals surface area contributed by atoms with Crippen molar-refractivity contribution in [3.8, 4) is 0 Å². The second-order valence-corrected chi connectivity index (χ2v) is 3.27. The van der Waals surface area contributed by atoms with Crippen molar-refractivity contribution in [3.05, 3.63) is 34.8 Å². The van der Waals surface area contributed by atoms with Crippen LogP contribution in [0.25, 0.3) is 0 Å². The lowest BCUT2D eigenvalue weighted by atomic mass is 10.2. The van der Waals surface area contributed by atoms with E-state index in [1.165, 1.54) is 10.5 Å². The Hall–Kier alpha value is -0.430. The average Bonchev–Trinajstić information content (AvgIpc) is 2.14. The van der Waals surface area contributed by atoms with Crippen LogP contribution in [-0.2, 0) is 0 Å². The Morgan fingerprint density at radius 1 is 1.40 bits per heavy atom. The molecule has 1 heteroatoms. The number of allylic oxidation sites excluding steroid dienone is 5. The molecule has 0 heterocycles. The lowest BCUT2D eigenvalue weighted by molar-refractivity contribution is 1.22. The molecule has 0 unspecified atom stereocenters. The first-order chi connectivity index (χ1) is 4.83. The molecule has 1 rings (SSSR count). The molecule has 0 radical (unpaired) electrons. The lowest BCUT2D eigenvalue weighted by Gasteiger charge is -1.89. The first kappa shape index (κ1) is 7.67. The molecule has 0 aliphatic heterocycles. The first-order valence-corrected chi connectivity index (χ1v) is 4.63. The van der Waals surface area contributed by atoms with E-state index in [4.69, 9.17) is 0 Å². The molecule has 0 fully saturated rings. The molecule has 0 amide bonds. The molecule has 0 atom stereocenters. The van der Waals surface area contributed by atoms with E-state index in [1.54, 1.807) is 11.8 Å². The highest BCUT2D eigenvalue weighted by atomic mass is 32.2. The predicted molar refractivity (Wildman–Crippen MR) is 49.1 cm³/mol. The van der Waals surface area contributed by atoms with Crippen LogP contribution in [0.15, 0.2) is 34.8 Å². The second-order valence-electron chi connectivity index (χ2n) is 2.39. The summed E-state index contributed by atoms with van der Waals surface area (Å²) in [6, 6.07) is 0. The summed E-state index contributed by atoms with van der Waals surface area (Å²) < 4.78 is 0. The Morgan fingerprint density at radius 2 is 2.20 bits per heavy atom. The fourth-order valence-electron chi connectivity index (χ4n) is 0.845. The van der Waals surface area contributed by atoms with Crippen LogP contribution in [0.1, 0.15) is 13.3 Å². The van der Waals surface area contributed by atoms with E-state index in [-0.39, 0.29) is 0 Å². The molecule has 10 heavy (non-hydrogen) atoms. The van der Waals surface area contributed by atoms with Gasteiger partial charge in [0, 0.05) is 4.91 Å². The fourth-order valence-corrected chi connectivity index (χ4v) is 1.28. The van der Waals surface area contributed by atoms with Gasteiger partial charge in [0.1, 0.15) is 0 Å². The van der Waals surface area contributed by atoms with Crippen molar-refractivity contribution in [1.82, 2.24) is 0 Å². The first-order valence-electron chi connectivity index (χ1n) is 3.41. The number of hydrogen-bond acceptors (Lipinski definition) is 1. The van der Waals surface area contributed by atoms with E-state index in [0.717, 1.165) is 6.42 Å². The topological polar surface area (TPSA) is 0 Å². The molecule has 0 N–H and O–H groups in total. The van der Waals surface area contributed by atoms with Crippen molar-refractivity contribution in [3.63, 3.8) is 0 Å². The van der Waals surface area contributed by atoms with Crippen LogP contribution in [0, 0.1) is 0 Å². The number of hydrogen-bond donors (Lipinski definition) is 0. The molecule has 0 aromatic heterocycles. The average molecular weight is 152 g/mol. The van der Waals surface area contributed by atoms with Crippen molar-refractivity contribution in [2.75, 3.05) is 6.26 Å². The van der Waals surface area contributed by atoms with E-state index in [9.17, 15) is 0 Å². The van der Waals surface area contributed by atoms with Gasteiger partial charge in [-0.05, 0) is 25.7 Å². The Kier molecular flexibility index (Phi) is 2.82. The number of rotatable bonds is 1. The molecule has 1 aliphatic rings. The van der Waals surface area contributed by atoms with Gasteiger partial charge < -0.3 is 0 Å². The highest BCUT2D eigenvalue weighted by molar-refractivity contribution is 8.02. The Bertz CT molecular complexity index is 197. The van der Waals surface area contributed by atoms with Crippen LogP contribution >= 0.6 is 11.8 Å². The van der Waals surface area contributed by atoms with E-state index >= 15 is 0 Å². The van der Waals surface area contributed by atoms with E-state index < -0.39 is 0 Å². The quantitative estimate of drug-likeness (QED) is 0.556. The zero-order valence-electron chi connectivity index (χ0n) is 6.42.